The highest BCUT2D eigenvalue weighted by atomic mass is 35.5. The molecule has 0 radical (unpaired) electrons. The molecular weight excluding hydrogens is 560 g/mol. The van der Waals surface area contributed by atoms with Crippen LogP contribution in [0.2, 0.25) is 10.0 Å². The average molecular weight is 590 g/mol. The number of ether oxygens (including phenoxy) is 1. The number of allylic oxidation sites excluding steroid dienone is 1. The van der Waals surface area contributed by atoms with Crippen molar-refractivity contribution in [2.75, 3.05) is 36.4 Å². The Morgan fingerprint density at radius 3 is 2.35 bits per heavy atom. The maximum absolute atomic E-state index is 13.4. The molecule has 212 valence electrons. The number of fused-ring (bicyclic) bond motifs is 1. The van der Waals surface area contributed by atoms with E-state index in [9.17, 15) is 19.1 Å². The second-order valence-electron chi connectivity index (χ2n) is 10.1. The largest absolute Gasteiger partial charge is 0.445 e. The number of rotatable bonds is 5. The summed E-state index contributed by atoms with van der Waals surface area (Å²) in [5, 5.41) is 15.6. The number of aromatic nitrogens is 2. The summed E-state index contributed by atoms with van der Waals surface area (Å²) in [7, 11) is 0. The fraction of sp³-hybridized carbons (Fsp3) is 0.357. The Kier molecular flexibility index (Phi) is 7.96. The number of carbonyl (C=O) groups is 1. The highest BCUT2D eigenvalue weighted by molar-refractivity contribution is 6.42. The summed E-state index contributed by atoms with van der Waals surface area (Å²) in [6.07, 6.45) is -2.35. The maximum atomic E-state index is 13.4. The molecule has 2 N–H and O–H groups in total. The number of benzene rings is 2. The van der Waals surface area contributed by atoms with Crippen LogP contribution in [0.25, 0.3) is 0 Å². The third kappa shape index (κ3) is 5.36. The normalized spacial score (nSPS) is 18.5. The van der Waals surface area contributed by atoms with Crippen LogP contribution in [0.4, 0.5) is 20.7 Å². The first-order chi connectivity index (χ1) is 19.0. The van der Waals surface area contributed by atoms with Gasteiger partial charge in [0.1, 0.15) is 23.9 Å². The van der Waals surface area contributed by atoms with Crippen molar-refractivity contribution in [2.45, 2.75) is 39.1 Å². The molecule has 2 atom stereocenters. The lowest BCUT2D eigenvalue weighted by Gasteiger charge is -2.42. The van der Waals surface area contributed by atoms with Crippen molar-refractivity contribution >= 4 is 40.8 Å². The van der Waals surface area contributed by atoms with Gasteiger partial charge in [-0.3, -0.25) is 9.69 Å². The van der Waals surface area contributed by atoms with E-state index in [-0.39, 0.29) is 5.82 Å². The number of anilines is 2. The molecule has 1 aromatic heterocycles. The Labute approximate surface area is 240 Å². The van der Waals surface area contributed by atoms with Crippen LogP contribution in [0.5, 0.6) is 0 Å². The molecule has 0 bridgehead atoms. The number of aliphatic hydroxyl groups is 1. The van der Waals surface area contributed by atoms with E-state index in [1.165, 1.54) is 22.9 Å². The zero-order valence-electron chi connectivity index (χ0n) is 22.3. The molecule has 0 saturated carbocycles. The molecule has 5 rings (SSSR count). The molecule has 2 aliphatic heterocycles. The number of hydrogen-bond acceptors (Lipinski definition) is 7. The fourth-order valence-electron chi connectivity index (χ4n) is 5.25. The number of piperazine rings is 1. The number of hydrogen-bond donors (Lipinski definition) is 2. The van der Waals surface area contributed by atoms with E-state index < -0.39 is 30.0 Å². The zero-order valence-corrected chi connectivity index (χ0v) is 23.8. The van der Waals surface area contributed by atoms with Crippen LogP contribution in [0.3, 0.4) is 0 Å². The number of carbonyl (C=O) groups excluding carboxylic acids is 1. The van der Waals surface area contributed by atoms with E-state index in [1.54, 1.807) is 44.2 Å². The molecule has 0 spiro atoms. The molecule has 12 heteroatoms. The summed E-state index contributed by atoms with van der Waals surface area (Å²) in [5.41, 5.74) is 2.14. The van der Waals surface area contributed by atoms with Gasteiger partial charge in [0, 0.05) is 49.2 Å². The zero-order chi connectivity index (χ0) is 28.7. The summed E-state index contributed by atoms with van der Waals surface area (Å²) in [6, 6.07) is 11.9. The molecule has 3 heterocycles. The molecule has 2 unspecified atom stereocenters. The van der Waals surface area contributed by atoms with Gasteiger partial charge in [0.05, 0.1) is 16.1 Å². The SMILES string of the molecule is CC1=C(C(O)N2CCN(c3ccc(F)cc3)CC2)C(c2ccc(Cl)c(Cl)c2)n2c(cc(=O)n2C(=O)OC(C)C)N1. The Morgan fingerprint density at radius 1 is 1.05 bits per heavy atom. The van der Waals surface area contributed by atoms with Crippen molar-refractivity contribution < 1.29 is 19.0 Å². The summed E-state index contributed by atoms with van der Waals surface area (Å²) < 4.78 is 21.2. The predicted octanol–water partition coefficient (Wildman–Crippen LogP) is 4.92. The molecular formula is C28H30Cl2FN5O4. The minimum Gasteiger partial charge on any atom is -0.445 e. The van der Waals surface area contributed by atoms with Gasteiger partial charge < -0.3 is 20.1 Å². The molecule has 1 saturated heterocycles. The first-order valence-electron chi connectivity index (χ1n) is 13.0. The Balaban J connectivity index is 1.52. The lowest BCUT2D eigenvalue weighted by atomic mass is 9.93. The van der Waals surface area contributed by atoms with Gasteiger partial charge in [0.15, 0.2) is 0 Å². The third-order valence-electron chi connectivity index (χ3n) is 7.12. The van der Waals surface area contributed by atoms with Gasteiger partial charge in [-0.15, -0.1) is 4.68 Å². The molecule has 1 fully saturated rings. The number of nitrogens with one attached hydrogen (secondary N) is 1. The van der Waals surface area contributed by atoms with E-state index >= 15 is 0 Å². The summed E-state index contributed by atoms with van der Waals surface area (Å²) >= 11 is 12.6. The second kappa shape index (κ2) is 11.3. The third-order valence-corrected chi connectivity index (χ3v) is 7.86. The van der Waals surface area contributed by atoms with E-state index in [4.69, 9.17) is 27.9 Å². The van der Waals surface area contributed by atoms with E-state index in [2.05, 4.69) is 10.2 Å². The van der Waals surface area contributed by atoms with Crippen LogP contribution < -0.4 is 15.8 Å². The number of aliphatic hydroxyl groups excluding tert-OH is 1. The van der Waals surface area contributed by atoms with Crippen LogP contribution in [-0.2, 0) is 4.74 Å². The van der Waals surface area contributed by atoms with Crippen molar-refractivity contribution in [1.82, 2.24) is 14.3 Å². The van der Waals surface area contributed by atoms with Gasteiger partial charge in [-0.1, -0.05) is 29.3 Å². The lowest BCUT2D eigenvalue weighted by molar-refractivity contribution is 0.0211. The van der Waals surface area contributed by atoms with Gasteiger partial charge in [0.25, 0.3) is 5.56 Å². The van der Waals surface area contributed by atoms with Crippen molar-refractivity contribution in [3.63, 3.8) is 0 Å². The van der Waals surface area contributed by atoms with Crippen LogP contribution in [0.1, 0.15) is 32.4 Å². The summed E-state index contributed by atoms with van der Waals surface area (Å²) in [4.78, 5) is 30.2. The molecule has 2 aromatic carbocycles. The van der Waals surface area contributed by atoms with Gasteiger partial charge in [-0.2, -0.15) is 0 Å². The van der Waals surface area contributed by atoms with Crippen molar-refractivity contribution in [1.29, 1.82) is 0 Å². The Morgan fingerprint density at radius 2 is 1.73 bits per heavy atom. The maximum Gasteiger partial charge on any atom is 0.436 e. The quantitative estimate of drug-likeness (QED) is 0.436. The van der Waals surface area contributed by atoms with Gasteiger partial charge in [-0.05, 0) is 62.7 Å². The van der Waals surface area contributed by atoms with Crippen LogP contribution >= 0.6 is 23.2 Å². The monoisotopic (exact) mass is 589 g/mol. The molecule has 0 aliphatic carbocycles. The molecule has 9 nitrogen and oxygen atoms in total. The smallest absolute Gasteiger partial charge is 0.436 e. The average Bonchev–Trinajstić information content (AvgIpc) is 3.24. The van der Waals surface area contributed by atoms with Crippen LogP contribution in [-0.4, -0.2) is 64.0 Å². The molecule has 40 heavy (non-hydrogen) atoms. The minimum absolute atomic E-state index is 0.293. The van der Waals surface area contributed by atoms with E-state index in [1.807, 2.05) is 11.8 Å². The van der Waals surface area contributed by atoms with Gasteiger partial charge in [-0.25, -0.2) is 13.9 Å². The van der Waals surface area contributed by atoms with Crippen LogP contribution in [0.15, 0.2) is 64.6 Å². The Bertz CT molecular complexity index is 1510. The van der Waals surface area contributed by atoms with Gasteiger partial charge in [0.2, 0.25) is 0 Å². The first-order valence-corrected chi connectivity index (χ1v) is 13.7. The molecule has 2 aliphatic rings. The highest BCUT2D eigenvalue weighted by Gasteiger charge is 2.39. The van der Waals surface area contributed by atoms with Gasteiger partial charge >= 0.3 is 6.09 Å². The topological polar surface area (TPSA) is 92.0 Å². The van der Waals surface area contributed by atoms with Crippen LogP contribution in [0, 0.1) is 5.82 Å². The standard InChI is InChI=1S/C28H30Cl2FN5O4/c1-16(2)40-28(39)36-24(37)15-23-32-17(3)25(26(35(23)36)18-4-9-21(29)22(30)14-18)27(38)34-12-10-33(11-13-34)20-7-5-19(31)6-8-20/h4-9,14-16,26-27,32,38H,10-13H2,1-3H3. The fourth-order valence-corrected chi connectivity index (χ4v) is 5.55. The molecule has 0 amide bonds. The summed E-state index contributed by atoms with van der Waals surface area (Å²) in [6.45, 7) is 7.47. The molecule has 3 aromatic rings. The van der Waals surface area contributed by atoms with Crippen molar-refractivity contribution in [3.8, 4) is 0 Å². The number of halogens is 3. The first kappa shape index (κ1) is 28.2. The van der Waals surface area contributed by atoms with Crippen molar-refractivity contribution in [3.05, 3.63) is 91.6 Å². The summed E-state index contributed by atoms with van der Waals surface area (Å²) in [5.74, 6) is 0.0786. The second-order valence-corrected chi connectivity index (χ2v) is 10.9. The highest BCUT2D eigenvalue weighted by Crippen LogP contribution is 2.40. The van der Waals surface area contributed by atoms with Crippen molar-refractivity contribution in [2.24, 2.45) is 0 Å². The minimum atomic E-state index is -1.07. The Hall–Kier alpha value is -3.31. The van der Waals surface area contributed by atoms with E-state index in [0.29, 0.717) is 58.9 Å². The predicted molar refractivity (Wildman–Crippen MR) is 153 cm³/mol. The number of nitrogens with zero attached hydrogens (tertiary/aromatic N) is 4. The lowest BCUT2D eigenvalue weighted by Crippen LogP contribution is -2.52. The van der Waals surface area contributed by atoms with E-state index in [0.717, 1.165) is 10.4 Å².